The molecule has 1 aromatic carbocycles. The average molecular weight is 176 g/mol. The third-order valence-electron chi connectivity index (χ3n) is 2.81. The largest absolute Gasteiger partial charge is 0.493 e. The lowest BCUT2D eigenvalue weighted by molar-refractivity contribution is 0.247. The van der Waals surface area contributed by atoms with Crippen LogP contribution in [0.4, 0.5) is 0 Å². The van der Waals surface area contributed by atoms with E-state index in [-0.39, 0.29) is 0 Å². The molecule has 0 saturated heterocycles. The van der Waals surface area contributed by atoms with Crippen LogP contribution in [0.2, 0.25) is 0 Å². The highest BCUT2D eigenvalue weighted by Crippen LogP contribution is 2.37. The van der Waals surface area contributed by atoms with E-state index in [4.69, 9.17) is 4.74 Å². The third-order valence-corrected chi connectivity index (χ3v) is 2.81. The first-order valence-corrected chi connectivity index (χ1v) is 5.01. The van der Waals surface area contributed by atoms with Crippen LogP contribution in [-0.2, 0) is 0 Å². The molecule has 0 fully saturated rings. The van der Waals surface area contributed by atoms with Gasteiger partial charge in [0.15, 0.2) is 0 Å². The number of hydrogen-bond acceptors (Lipinski definition) is 1. The standard InChI is InChI=1S/C12H16O/c1-9(2)10-7-8-13-12-6-4-3-5-11(10)12/h3-6,9-10H,7-8H2,1-2H3. The van der Waals surface area contributed by atoms with Gasteiger partial charge in [-0.15, -0.1) is 0 Å². The molecule has 0 N–H and O–H groups in total. The van der Waals surface area contributed by atoms with Crippen molar-refractivity contribution >= 4 is 0 Å². The van der Waals surface area contributed by atoms with Crippen LogP contribution in [0.25, 0.3) is 0 Å². The Kier molecular flexibility index (Phi) is 2.26. The molecule has 1 heterocycles. The monoisotopic (exact) mass is 176 g/mol. The second-order valence-corrected chi connectivity index (χ2v) is 4.03. The molecule has 0 radical (unpaired) electrons. The van der Waals surface area contributed by atoms with Gasteiger partial charge in [-0.25, -0.2) is 0 Å². The molecular formula is C12H16O. The Morgan fingerprint density at radius 2 is 2.08 bits per heavy atom. The molecule has 1 aliphatic rings. The van der Waals surface area contributed by atoms with Crippen LogP contribution in [-0.4, -0.2) is 6.61 Å². The van der Waals surface area contributed by atoms with Gasteiger partial charge in [-0.3, -0.25) is 0 Å². The van der Waals surface area contributed by atoms with Crippen molar-refractivity contribution in [3.8, 4) is 5.75 Å². The molecule has 13 heavy (non-hydrogen) atoms. The predicted octanol–water partition coefficient (Wildman–Crippen LogP) is 3.21. The van der Waals surface area contributed by atoms with E-state index in [2.05, 4.69) is 32.0 Å². The van der Waals surface area contributed by atoms with Crippen LogP contribution < -0.4 is 4.74 Å². The Labute approximate surface area is 79.7 Å². The van der Waals surface area contributed by atoms with Gasteiger partial charge in [0.1, 0.15) is 5.75 Å². The van der Waals surface area contributed by atoms with Gasteiger partial charge >= 0.3 is 0 Å². The highest BCUT2D eigenvalue weighted by atomic mass is 16.5. The summed E-state index contributed by atoms with van der Waals surface area (Å²) < 4.78 is 5.60. The van der Waals surface area contributed by atoms with Crippen LogP contribution >= 0.6 is 0 Å². The van der Waals surface area contributed by atoms with Gasteiger partial charge in [-0.1, -0.05) is 32.0 Å². The summed E-state index contributed by atoms with van der Waals surface area (Å²) >= 11 is 0. The van der Waals surface area contributed by atoms with Crippen LogP contribution in [0.5, 0.6) is 5.75 Å². The van der Waals surface area contributed by atoms with Gasteiger partial charge in [-0.2, -0.15) is 0 Å². The van der Waals surface area contributed by atoms with Gasteiger partial charge in [-0.05, 0) is 29.9 Å². The molecule has 1 aliphatic heterocycles. The first-order valence-electron chi connectivity index (χ1n) is 5.01. The summed E-state index contributed by atoms with van der Waals surface area (Å²) in [5.41, 5.74) is 1.39. The zero-order chi connectivity index (χ0) is 9.26. The molecule has 0 bridgehead atoms. The molecule has 70 valence electrons. The molecule has 2 rings (SSSR count). The van der Waals surface area contributed by atoms with Gasteiger partial charge in [0.25, 0.3) is 0 Å². The Bertz CT molecular complexity index is 291. The minimum absolute atomic E-state index is 0.685. The Balaban J connectivity index is 2.37. The van der Waals surface area contributed by atoms with E-state index in [0.717, 1.165) is 18.8 Å². The number of fused-ring (bicyclic) bond motifs is 1. The number of para-hydroxylation sites is 1. The minimum Gasteiger partial charge on any atom is -0.493 e. The van der Waals surface area contributed by atoms with Crippen molar-refractivity contribution in [2.24, 2.45) is 5.92 Å². The number of hydrogen-bond donors (Lipinski definition) is 0. The highest BCUT2D eigenvalue weighted by molar-refractivity contribution is 5.37. The Morgan fingerprint density at radius 3 is 2.85 bits per heavy atom. The molecule has 1 aromatic rings. The molecule has 1 nitrogen and oxygen atoms in total. The summed E-state index contributed by atoms with van der Waals surface area (Å²) in [6.45, 7) is 5.44. The van der Waals surface area contributed by atoms with Gasteiger partial charge in [0.05, 0.1) is 6.61 Å². The second kappa shape index (κ2) is 3.41. The van der Waals surface area contributed by atoms with Crippen molar-refractivity contribution in [3.63, 3.8) is 0 Å². The van der Waals surface area contributed by atoms with Gasteiger partial charge < -0.3 is 4.74 Å². The molecular weight excluding hydrogens is 160 g/mol. The maximum Gasteiger partial charge on any atom is 0.122 e. The van der Waals surface area contributed by atoms with Crippen LogP contribution in [0.1, 0.15) is 31.7 Å². The van der Waals surface area contributed by atoms with Crippen LogP contribution in [0.15, 0.2) is 24.3 Å². The van der Waals surface area contributed by atoms with Gasteiger partial charge in [0, 0.05) is 0 Å². The SMILES string of the molecule is CC(C)C1CCOc2ccccc21. The maximum atomic E-state index is 5.60. The van der Waals surface area contributed by atoms with Crippen molar-refractivity contribution in [1.29, 1.82) is 0 Å². The first-order chi connectivity index (χ1) is 6.29. The fourth-order valence-electron chi connectivity index (χ4n) is 2.06. The summed E-state index contributed by atoms with van der Waals surface area (Å²) in [7, 11) is 0. The van der Waals surface area contributed by atoms with Gasteiger partial charge in [0.2, 0.25) is 0 Å². The molecule has 1 atom stereocenters. The second-order valence-electron chi connectivity index (χ2n) is 4.03. The van der Waals surface area contributed by atoms with Crippen molar-refractivity contribution in [2.75, 3.05) is 6.61 Å². The maximum absolute atomic E-state index is 5.60. The topological polar surface area (TPSA) is 9.23 Å². The molecule has 0 amide bonds. The fraction of sp³-hybridized carbons (Fsp3) is 0.500. The lowest BCUT2D eigenvalue weighted by Gasteiger charge is -2.28. The van der Waals surface area contributed by atoms with E-state index in [1.54, 1.807) is 0 Å². The fourth-order valence-corrected chi connectivity index (χ4v) is 2.06. The van der Waals surface area contributed by atoms with Crippen LogP contribution in [0.3, 0.4) is 0 Å². The smallest absolute Gasteiger partial charge is 0.122 e. The lowest BCUT2D eigenvalue weighted by atomic mass is 9.84. The summed E-state index contributed by atoms with van der Waals surface area (Å²) in [4.78, 5) is 0. The summed E-state index contributed by atoms with van der Waals surface area (Å²) in [5, 5.41) is 0. The first kappa shape index (κ1) is 8.61. The van der Waals surface area contributed by atoms with E-state index in [1.807, 2.05) is 6.07 Å². The van der Waals surface area contributed by atoms with E-state index >= 15 is 0 Å². The lowest BCUT2D eigenvalue weighted by Crippen LogP contribution is -2.17. The number of ether oxygens (including phenoxy) is 1. The van der Waals surface area contributed by atoms with Crippen molar-refractivity contribution in [3.05, 3.63) is 29.8 Å². The normalized spacial score (nSPS) is 21.0. The summed E-state index contributed by atoms with van der Waals surface area (Å²) in [5.74, 6) is 2.49. The number of rotatable bonds is 1. The van der Waals surface area contributed by atoms with Crippen molar-refractivity contribution < 1.29 is 4.74 Å². The quantitative estimate of drug-likeness (QED) is 0.638. The molecule has 1 heteroatoms. The van der Waals surface area contributed by atoms with Crippen molar-refractivity contribution in [1.82, 2.24) is 0 Å². The Hall–Kier alpha value is -0.980. The van der Waals surface area contributed by atoms with E-state index in [1.165, 1.54) is 5.56 Å². The van der Waals surface area contributed by atoms with Crippen molar-refractivity contribution in [2.45, 2.75) is 26.2 Å². The van der Waals surface area contributed by atoms with E-state index in [0.29, 0.717) is 11.8 Å². The summed E-state index contributed by atoms with van der Waals surface area (Å²) in [6, 6.07) is 8.41. The summed E-state index contributed by atoms with van der Waals surface area (Å²) in [6.07, 6.45) is 1.16. The Morgan fingerprint density at radius 1 is 1.31 bits per heavy atom. The van der Waals surface area contributed by atoms with E-state index in [9.17, 15) is 0 Å². The number of benzene rings is 1. The molecule has 0 saturated carbocycles. The molecule has 0 aromatic heterocycles. The molecule has 0 spiro atoms. The van der Waals surface area contributed by atoms with Crippen LogP contribution in [0, 0.1) is 5.92 Å². The third kappa shape index (κ3) is 1.55. The predicted molar refractivity (Wildman–Crippen MR) is 54.1 cm³/mol. The van der Waals surface area contributed by atoms with E-state index < -0.39 is 0 Å². The molecule has 0 aliphatic carbocycles. The average Bonchev–Trinajstić information content (AvgIpc) is 2.17. The zero-order valence-electron chi connectivity index (χ0n) is 8.29. The zero-order valence-corrected chi connectivity index (χ0v) is 8.29. The molecule has 1 unspecified atom stereocenters. The minimum atomic E-state index is 0.685. The highest BCUT2D eigenvalue weighted by Gasteiger charge is 2.23.